The molecule has 2 aromatic heterocycles. The molecular formula is C19H13FN2S2. The molecule has 118 valence electrons. The van der Waals surface area contributed by atoms with E-state index in [0.29, 0.717) is 0 Å². The van der Waals surface area contributed by atoms with Crippen molar-refractivity contribution < 1.29 is 4.39 Å². The van der Waals surface area contributed by atoms with E-state index < -0.39 is 0 Å². The molecule has 2 heterocycles. The molecule has 0 fully saturated rings. The highest BCUT2D eigenvalue weighted by Gasteiger charge is 2.13. The first kappa shape index (κ1) is 15.3. The summed E-state index contributed by atoms with van der Waals surface area (Å²) < 4.78 is 13.2. The third kappa shape index (κ3) is 3.05. The van der Waals surface area contributed by atoms with Crippen molar-refractivity contribution in [2.45, 2.75) is 10.8 Å². The second kappa shape index (κ2) is 6.71. The van der Waals surface area contributed by atoms with Crippen LogP contribution in [0.5, 0.6) is 0 Å². The molecule has 2 aromatic carbocycles. The van der Waals surface area contributed by atoms with Gasteiger partial charge in [-0.25, -0.2) is 14.4 Å². The molecule has 0 N–H and O–H groups in total. The molecule has 0 bridgehead atoms. The highest BCUT2D eigenvalue weighted by molar-refractivity contribution is 7.98. The van der Waals surface area contributed by atoms with Gasteiger partial charge in [-0.2, -0.15) is 0 Å². The van der Waals surface area contributed by atoms with E-state index in [0.717, 1.165) is 32.1 Å². The summed E-state index contributed by atoms with van der Waals surface area (Å²) in [6.07, 6.45) is 1.61. The van der Waals surface area contributed by atoms with Crippen molar-refractivity contribution in [2.24, 2.45) is 0 Å². The van der Waals surface area contributed by atoms with E-state index in [-0.39, 0.29) is 5.82 Å². The van der Waals surface area contributed by atoms with Crippen molar-refractivity contribution in [3.8, 4) is 11.1 Å². The molecule has 0 unspecified atom stereocenters. The van der Waals surface area contributed by atoms with Crippen LogP contribution in [0.15, 0.2) is 71.3 Å². The highest BCUT2D eigenvalue weighted by atomic mass is 32.2. The first-order valence-corrected chi connectivity index (χ1v) is 9.32. The number of halogens is 1. The second-order valence-corrected chi connectivity index (χ2v) is 7.11. The van der Waals surface area contributed by atoms with Gasteiger partial charge in [-0.05, 0) is 23.3 Å². The Hall–Kier alpha value is -2.24. The fourth-order valence-corrected chi connectivity index (χ4v) is 4.47. The molecule has 0 saturated carbocycles. The highest BCUT2D eigenvalue weighted by Crippen LogP contribution is 2.38. The molecule has 0 aliphatic heterocycles. The van der Waals surface area contributed by atoms with E-state index in [1.165, 1.54) is 17.7 Å². The predicted octanol–water partition coefficient (Wildman–Crippen LogP) is 5.79. The number of thiophene rings is 1. The standard InChI is InChI=1S/C19H13FN2S2/c20-15-8-6-14(7-9-15)16-11-24-19-17(16)18(21-12-22-19)23-10-13-4-2-1-3-5-13/h1-9,11-12H,10H2. The minimum Gasteiger partial charge on any atom is -0.229 e. The molecule has 4 rings (SSSR count). The molecule has 0 atom stereocenters. The van der Waals surface area contributed by atoms with E-state index >= 15 is 0 Å². The number of nitrogens with zero attached hydrogens (tertiary/aromatic N) is 2. The van der Waals surface area contributed by atoms with Gasteiger partial charge < -0.3 is 0 Å². The summed E-state index contributed by atoms with van der Waals surface area (Å²) in [5, 5.41) is 4.08. The summed E-state index contributed by atoms with van der Waals surface area (Å²) >= 11 is 3.29. The molecular weight excluding hydrogens is 339 g/mol. The maximum atomic E-state index is 13.2. The van der Waals surface area contributed by atoms with E-state index in [9.17, 15) is 4.39 Å². The summed E-state index contributed by atoms with van der Waals surface area (Å²) in [7, 11) is 0. The average molecular weight is 352 g/mol. The van der Waals surface area contributed by atoms with Gasteiger partial charge in [0.2, 0.25) is 0 Å². The Balaban J connectivity index is 1.73. The Morgan fingerprint density at radius 2 is 1.75 bits per heavy atom. The SMILES string of the molecule is Fc1ccc(-c2csc3ncnc(SCc4ccccc4)c23)cc1. The summed E-state index contributed by atoms with van der Waals surface area (Å²) in [4.78, 5) is 9.82. The zero-order valence-corrected chi connectivity index (χ0v) is 14.3. The lowest BCUT2D eigenvalue weighted by Crippen LogP contribution is -1.87. The van der Waals surface area contributed by atoms with Crippen LogP contribution < -0.4 is 0 Å². The molecule has 24 heavy (non-hydrogen) atoms. The molecule has 0 aliphatic carbocycles. The molecule has 4 aromatic rings. The van der Waals surface area contributed by atoms with Gasteiger partial charge in [0.1, 0.15) is 22.0 Å². The van der Waals surface area contributed by atoms with Crippen molar-refractivity contribution in [3.05, 3.63) is 77.7 Å². The fraction of sp³-hybridized carbons (Fsp3) is 0.0526. The molecule has 0 spiro atoms. The van der Waals surface area contributed by atoms with Crippen molar-refractivity contribution in [1.29, 1.82) is 0 Å². The molecule has 5 heteroatoms. The summed E-state index contributed by atoms with van der Waals surface area (Å²) in [5.41, 5.74) is 3.30. The minimum atomic E-state index is -0.229. The van der Waals surface area contributed by atoms with E-state index in [2.05, 4.69) is 27.5 Å². The van der Waals surface area contributed by atoms with Crippen LogP contribution in [-0.2, 0) is 5.75 Å². The number of hydrogen-bond acceptors (Lipinski definition) is 4. The Bertz CT molecular complexity index is 966. The number of rotatable bonds is 4. The number of aromatic nitrogens is 2. The summed E-state index contributed by atoms with van der Waals surface area (Å²) in [5.74, 6) is 0.624. The third-order valence-electron chi connectivity index (χ3n) is 3.71. The van der Waals surface area contributed by atoms with E-state index in [1.807, 2.05) is 18.2 Å². The van der Waals surface area contributed by atoms with Crippen LogP contribution in [0.25, 0.3) is 21.3 Å². The van der Waals surface area contributed by atoms with Gasteiger partial charge in [0.15, 0.2) is 0 Å². The third-order valence-corrected chi connectivity index (χ3v) is 5.66. The lowest BCUT2D eigenvalue weighted by Gasteiger charge is -2.05. The number of fused-ring (bicyclic) bond motifs is 1. The van der Waals surface area contributed by atoms with Crippen LogP contribution in [-0.4, -0.2) is 9.97 Å². The van der Waals surface area contributed by atoms with Crippen LogP contribution in [0.4, 0.5) is 4.39 Å². The quantitative estimate of drug-likeness (QED) is 0.343. The maximum absolute atomic E-state index is 13.2. The summed E-state index contributed by atoms with van der Waals surface area (Å²) in [6, 6.07) is 16.9. The normalized spacial score (nSPS) is 11.0. The number of benzene rings is 2. The van der Waals surface area contributed by atoms with Crippen LogP contribution >= 0.6 is 23.1 Å². The Morgan fingerprint density at radius 3 is 2.54 bits per heavy atom. The monoisotopic (exact) mass is 352 g/mol. The minimum absolute atomic E-state index is 0.229. The molecule has 0 amide bonds. The van der Waals surface area contributed by atoms with Crippen LogP contribution in [0.2, 0.25) is 0 Å². The van der Waals surface area contributed by atoms with Gasteiger partial charge in [0, 0.05) is 16.7 Å². The van der Waals surface area contributed by atoms with Crippen LogP contribution in [0.3, 0.4) is 0 Å². The lowest BCUT2D eigenvalue weighted by molar-refractivity contribution is 0.628. The van der Waals surface area contributed by atoms with Crippen molar-refractivity contribution in [1.82, 2.24) is 9.97 Å². The van der Waals surface area contributed by atoms with Gasteiger partial charge in [-0.3, -0.25) is 0 Å². The predicted molar refractivity (Wildman–Crippen MR) is 98.8 cm³/mol. The first-order valence-electron chi connectivity index (χ1n) is 7.46. The Morgan fingerprint density at radius 1 is 0.958 bits per heavy atom. The molecule has 0 radical (unpaired) electrons. The van der Waals surface area contributed by atoms with Crippen molar-refractivity contribution in [2.75, 3.05) is 0 Å². The largest absolute Gasteiger partial charge is 0.229 e. The van der Waals surface area contributed by atoms with Crippen molar-refractivity contribution in [3.63, 3.8) is 0 Å². The average Bonchev–Trinajstić information content (AvgIpc) is 3.06. The van der Waals surface area contributed by atoms with Crippen LogP contribution in [0, 0.1) is 5.82 Å². The zero-order valence-electron chi connectivity index (χ0n) is 12.6. The van der Waals surface area contributed by atoms with Gasteiger partial charge in [0.25, 0.3) is 0 Å². The molecule has 0 aliphatic rings. The van der Waals surface area contributed by atoms with E-state index in [4.69, 9.17) is 0 Å². The van der Waals surface area contributed by atoms with Crippen molar-refractivity contribution >= 4 is 33.3 Å². The van der Waals surface area contributed by atoms with Gasteiger partial charge >= 0.3 is 0 Å². The maximum Gasteiger partial charge on any atom is 0.128 e. The van der Waals surface area contributed by atoms with E-state index in [1.54, 1.807) is 41.6 Å². The topological polar surface area (TPSA) is 25.8 Å². The van der Waals surface area contributed by atoms with Gasteiger partial charge in [-0.15, -0.1) is 23.1 Å². The lowest BCUT2D eigenvalue weighted by atomic mass is 10.1. The first-order chi connectivity index (χ1) is 11.8. The second-order valence-electron chi connectivity index (χ2n) is 5.29. The fourth-order valence-electron chi connectivity index (χ4n) is 2.52. The molecule has 0 saturated heterocycles. The zero-order chi connectivity index (χ0) is 16.4. The van der Waals surface area contributed by atoms with Gasteiger partial charge in [-0.1, -0.05) is 42.5 Å². The summed E-state index contributed by atoms with van der Waals surface area (Å²) in [6.45, 7) is 0. The Kier molecular flexibility index (Phi) is 4.28. The molecule has 2 nitrogen and oxygen atoms in total. The smallest absolute Gasteiger partial charge is 0.128 e. The number of hydrogen-bond donors (Lipinski definition) is 0. The Labute approximate surface area is 147 Å². The number of thioether (sulfide) groups is 1. The van der Waals surface area contributed by atoms with Crippen LogP contribution in [0.1, 0.15) is 5.56 Å². The van der Waals surface area contributed by atoms with Gasteiger partial charge in [0.05, 0.1) is 5.39 Å².